The molecule has 0 saturated carbocycles. The number of carbonyl (C=O) groups is 2. The van der Waals surface area contributed by atoms with E-state index in [1.54, 1.807) is 35.2 Å². The van der Waals surface area contributed by atoms with E-state index in [9.17, 15) is 9.59 Å². The Kier molecular flexibility index (Phi) is 7.37. The largest absolute Gasteiger partial charge is 0.350 e. The number of benzene rings is 1. The summed E-state index contributed by atoms with van der Waals surface area (Å²) in [5, 5.41) is 6.49. The van der Waals surface area contributed by atoms with Gasteiger partial charge in [-0.3, -0.25) is 9.59 Å². The Bertz CT molecular complexity index is 899. The Balaban J connectivity index is 1.51. The lowest BCUT2D eigenvalue weighted by Gasteiger charge is -2.17. The highest BCUT2D eigenvalue weighted by molar-refractivity contribution is 6.30. The van der Waals surface area contributed by atoms with Crippen LogP contribution >= 0.6 is 11.6 Å². The third kappa shape index (κ3) is 6.27. The number of hydrogen-bond donors (Lipinski definition) is 2. The minimum absolute atomic E-state index is 0.0416. The van der Waals surface area contributed by atoms with Crippen molar-refractivity contribution in [3.8, 4) is 0 Å². The second-order valence-corrected chi connectivity index (χ2v) is 7.77. The Morgan fingerprint density at radius 3 is 2.60 bits per heavy atom. The zero-order valence-corrected chi connectivity index (χ0v) is 17.8. The van der Waals surface area contributed by atoms with Gasteiger partial charge in [-0.1, -0.05) is 17.7 Å². The lowest BCUT2D eigenvalue weighted by Crippen LogP contribution is -2.31. The average Bonchev–Trinajstić information content (AvgIpc) is 3.18. The van der Waals surface area contributed by atoms with E-state index < -0.39 is 0 Å². The molecule has 1 aromatic carbocycles. The van der Waals surface area contributed by atoms with Crippen LogP contribution in [0.15, 0.2) is 48.8 Å². The van der Waals surface area contributed by atoms with Crippen LogP contribution in [-0.2, 0) is 4.79 Å². The van der Waals surface area contributed by atoms with Gasteiger partial charge >= 0.3 is 0 Å². The SMILES string of the molecule is CN(C)C/C=C/C(=O)Nc1ccc(C(=O)N2CC[C@H](Nc3ncc(Cl)cn3)C2)cc1. The standard InChI is InChI=1S/C21H25ClN6O2/c1-27(2)10-3-4-19(29)25-17-7-5-15(6-8-17)20(30)28-11-9-18(14-28)26-21-23-12-16(22)13-24-21/h3-8,12-13,18H,9-11,14H2,1-2H3,(H,25,29)(H,23,24,26)/b4-3+/t18-/m0/s1. The summed E-state index contributed by atoms with van der Waals surface area (Å²) in [5.41, 5.74) is 1.23. The number of amides is 2. The lowest BCUT2D eigenvalue weighted by molar-refractivity contribution is -0.111. The van der Waals surface area contributed by atoms with Gasteiger partial charge < -0.3 is 20.4 Å². The van der Waals surface area contributed by atoms with E-state index in [0.717, 1.165) is 6.42 Å². The first-order chi connectivity index (χ1) is 14.4. The zero-order valence-electron chi connectivity index (χ0n) is 17.0. The summed E-state index contributed by atoms with van der Waals surface area (Å²) in [5.74, 6) is 0.257. The Hall–Kier alpha value is -2.97. The number of carbonyl (C=O) groups excluding carboxylic acids is 2. The molecule has 1 fully saturated rings. The van der Waals surface area contributed by atoms with Gasteiger partial charge in [-0.15, -0.1) is 0 Å². The predicted octanol–water partition coefficient (Wildman–Crippen LogP) is 2.51. The Morgan fingerprint density at radius 2 is 1.93 bits per heavy atom. The summed E-state index contributed by atoms with van der Waals surface area (Å²) in [7, 11) is 3.87. The molecular formula is C21H25ClN6O2. The van der Waals surface area contributed by atoms with Crippen molar-refractivity contribution in [3.05, 3.63) is 59.4 Å². The maximum absolute atomic E-state index is 12.8. The fourth-order valence-electron chi connectivity index (χ4n) is 3.07. The van der Waals surface area contributed by atoms with Crippen LogP contribution in [0.3, 0.4) is 0 Å². The summed E-state index contributed by atoms with van der Waals surface area (Å²) in [6.07, 6.45) is 7.17. The smallest absolute Gasteiger partial charge is 0.253 e. The molecule has 3 rings (SSSR count). The van der Waals surface area contributed by atoms with Crippen molar-refractivity contribution in [2.24, 2.45) is 0 Å². The van der Waals surface area contributed by atoms with E-state index in [-0.39, 0.29) is 17.9 Å². The predicted molar refractivity (Wildman–Crippen MR) is 118 cm³/mol. The number of likely N-dealkylation sites (tertiary alicyclic amines) is 1. The summed E-state index contributed by atoms with van der Waals surface area (Å²) >= 11 is 5.80. The van der Waals surface area contributed by atoms with Gasteiger partial charge in [0.25, 0.3) is 5.91 Å². The van der Waals surface area contributed by atoms with Crippen molar-refractivity contribution < 1.29 is 9.59 Å². The minimum atomic E-state index is -0.200. The molecular weight excluding hydrogens is 404 g/mol. The van der Waals surface area contributed by atoms with E-state index >= 15 is 0 Å². The maximum atomic E-state index is 12.8. The molecule has 0 spiro atoms. The second-order valence-electron chi connectivity index (χ2n) is 7.34. The maximum Gasteiger partial charge on any atom is 0.253 e. The average molecular weight is 429 g/mol. The number of nitrogens with one attached hydrogen (secondary N) is 2. The molecule has 1 aromatic heterocycles. The zero-order chi connectivity index (χ0) is 21.5. The summed E-state index contributed by atoms with van der Waals surface area (Å²) < 4.78 is 0. The quantitative estimate of drug-likeness (QED) is 0.658. The first kappa shape index (κ1) is 21.7. The Labute approximate surface area is 180 Å². The van der Waals surface area contributed by atoms with Crippen molar-refractivity contribution in [1.29, 1.82) is 0 Å². The molecule has 30 heavy (non-hydrogen) atoms. The van der Waals surface area contributed by atoms with Crippen LogP contribution in [0.4, 0.5) is 11.6 Å². The normalized spacial score (nSPS) is 16.3. The third-order valence-corrected chi connectivity index (χ3v) is 4.76. The minimum Gasteiger partial charge on any atom is -0.350 e. The van der Waals surface area contributed by atoms with Crippen LogP contribution in [0.2, 0.25) is 5.02 Å². The monoisotopic (exact) mass is 428 g/mol. The first-order valence-corrected chi connectivity index (χ1v) is 10.0. The molecule has 2 aromatic rings. The fourth-order valence-corrected chi connectivity index (χ4v) is 3.16. The second kappa shape index (κ2) is 10.2. The van der Waals surface area contributed by atoms with E-state index in [1.165, 1.54) is 18.5 Å². The van der Waals surface area contributed by atoms with Gasteiger partial charge in [0.15, 0.2) is 0 Å². The lowest BCUT2D eigenvalue weighted by atomic mass is 10.2. The molecule has 2 heterocycles. The third-order valence-electron chi connectivity index (χ3n) is 4.57. The topological polar surface area (TPSA) is 90.5 Å². The molecule has 1 atom stereocenters. The molecule has 1 aliphatic heterocycles. The highest BCUT2D eigenvalue weighted by Crippen LogP contribution is 2.18. The van der Waals surface area contributed by atoms with Gasteiger partial charge in [0.05, 0.1) is 17.4 Å². The van der Waals surface area contributed by atoms with E-state index in [1.807, 2.05) is 19.0 Å². The van der Waals surface area contributed by atoms with Crippen molar-refractivity contribution in [1.82, 2.24) is 19.8 Å². The number of rotatable bonds is 7. The molecule has 1 saturated heterocycles. The van der Waals surface area contributed by atoms with E-state index in [0.29, 0.717) is 41.9 Å². The molecule has 0 aliphatic carbocycles. The summed E-state index contributed by atoms with van der Waals surface area (Å²) in [6.45, 7) is 1.91. The molecule has 9 heteroatoms. The van der Waals surface area contributed by atoms with Crippen molar-refractivity contribution in [3.63, 3.8) is 0 Å². The van der Waals surface area contributed by atoms with Crippen LogP contribution < -0.4 is 10.6 Å². The molecule has 8 nitrogen and oxygen atoms in total. The highest BCUT2D eigenvalue weighted by Gasteiger charge is 2.27. The van der Waals surface area contributed by atoms with Crippen LogP contribution in [-0.4, -0.2) is 71.4 Å². The molecule has 158 valence electrons. The van der Waals surface area contributed by atoms with Gasteiger partial charge in [0.2, 0.25) is 11.9 Å². The number of halogens is 1. The summed E-state index contributed by atoms with van der Waals surface area (Å²) in [6, 6.07) is 7.01. The van der Waals surface area contributed by atoms with Crippen LogP contribution in [0.25, 0.3) is 0 Å². The highest BCUT2D eigenvalue weighted by atomic mass is 35.5. The number of hydrogen-bond acceptors (Lipinski definition) is 6. The summed E-state index contributed by atoms with van der Waals surface area (Å²) in [4.78, 5) is 36.7. The van der Waals surface area contributed by atoms with Gasteiger partial charge in [-0.2, -0.15) is 0 Å². The first-order valence-electron chi connectivity index (χ1n) is 9.66. The molecule has 2 amide bonds. The van der Waals surface area contributed by atoms with Gasteiger partial charge in [-0.05, 0) is 44.8 Å². The number of likely N-dealkylation sites (N-methyl/N-ethyl adjacent to an activating group) is 1. The molecule has 0 unspecified atom stereocenters. The van der Waals surface area contributed by atoms with Crippen molar-refractivity contribution in [2.45, 2.75) is 12.5 Å². The van der Waals surface area contributed by atoms with Crippen molar-refractivity contribution >= 4 is 35.1 Å². The number of aromatic nitrogens is 2. The fraction of sp³-hybridized carbons (Fsp3) is 0.333. The molecule has 0 bridgehead atoms. The van der Waals surface area contributed by atoms with E-state index in [2.05, 4.69) is 20.6 Å². The molecule has 0 radical (unpaired) electrons. The Morgan fingerprint density at radius 1 is 1.23 bits per heavy atom. The van der Waals surface area contributed by atoms with Crippen LogP contribution in [0.5, 0.6) is 0 Å². The van der Waals surface area contributed by atoms with Crippen LogP contribution in [0.1, 0.15) is 16.8 Å². The van der Waals surface area contributed by atoms with Gasteiger partial charge in [0.1, 0.15) is 0 Å². The number of anilines is 2. The molecule has 1 aliphatic rings. The molecule has 2 N–H and O–H groups in total. The number of nitrogens with zero attached hydrogens (tertiary/aromatic N) is 4. The van der Waals surface area contributed by atoms with Gasteiger partial charge in [-0.25, -0.2) is 9.97 Å². The van der Waals surface area contributed by atoms with E-state index in [4.69, 9.17) is 11.6 Å². The van der Waals surface area contributed by atoms with Crippen LogP contribution in [0, 0.1) is 0 Å². The van der Waals surface area contributed by atoms with Gasteiger partial charge in [0, 0.05) is 43.0 Å². The van der Waals surface area contributed by atoms with Crippen molar-refractivity contribution in [2.75, 3.05) is 44.4 Å².